The van der Waals surface area contributed by atoms with Gasteiger partial charge in [0, 0.05) is 19.7 Å². The number of methoxy groups -OCH3 is 2. The fourth-order valence-electron chi connectivity index (χ4n) is 2.60. The van der Waals surface area contributed by atoms with Crippen LogP contribution in [0.5, 0.6) is 11.5 Å². The molecule has 2 rings (SSSR count). The molecule has 7 nitrogen and oxygen atoms in total. The highest BCUT2D eigenvalue weighted by Gasteiger charge is 2.13. The minimum atomic E-state index is -0.463. The van der Waals surface area contributed by atoms with Crippen molar-refractivity contribution in [1.82, 2.24) is 10.6 Å². The van der Waals surface area contributed by atoms with E-state index in [1.807, 2.05) is 13.0 Å². The quantitative estimate of drug-likeness (QED) is 0.401. The number of ether oxygens (including phenoxy) is 3. The van der Waals surface area contributed by atoms with Gasteiger partial charge in [-0.3, -0.25) is 4.99 Å². The SMILES string of the molecule is CN=C(NCc1ccc(OC)c(C(=O)OC)c1)NCC(C)Oc1cccc(F)c1. The Balaban J connectivity index is 1.89. The highest BCUT2D eigenvalue weighted by Crippen LogP contribution is 2.20. The Morgan fingerprint density at radius 1 is 1.17 bits per heavy atom. The number of hydrogen-bond donors (Lipinski definition) is 2. The lowest BCUT2D eigenvalue weighted by atomic mass is 10.1. The number of rotatable bonds is 8. The van der Waals surface area contributed by atoms with Crippen molar-refractivity contribution in [2.24, 2.45) is 4.99 Å². The molecule has 0 fully saturated rings. The average Bonchev–Trinajstić information content (AvgIpc) is 2.73. The van der Waals surface area contributed by atoms with Gasteiger partial charge in [-0.05, 0) is 36.8 Å². The van der Waals surface area contributed by atoms with Crippen LogP contribution in [-0.4, -0.2) is 45.8 Å². The number of nitrogens with zero attached hydrogens (tertiary/aromatic N) is 1. The third kappa shape index (κ3) is 6.67. The highest BCUT2D eigenvalue weighted by molar-refractivity contribution is 5.92. The van der Waals surface area contributed by atoms with Crippen molar-refractivity contribution >= 4 is 11.9 Å². The van der Waals surface area contributed by atoms with Gasteiger partial charge in [0.15, 0.2) is 5.96 Å². The van der Waals surface area contributed by atoms with Gasteiger partial charge >= 0.3 is 5.97 Å². The minimum absolute atomic E-state index is 0.206. The summed E-state index contributed by atoms with van der Waals surface area (Å²) in [5, 5.41) is 6.32. The Kier molecular flexibility index (Phi) is 8.27. The summed E-state index contributed by atoms with van der Waals surface area (Å²) >= 11 is 0. The van der Waals surface area contributed by atoms with Gasteiger partial charge in [-0.2, -0.15) is 0 Å². The number of benzene rings is 2. The summed E-state index contributed by atoms with van der Waals surface area (Å²) in [6.45, 7) is 2.77. The van der Waals surface area contributed by atoms with E-state index in [1.54, 1.807) is 31.3 Å². The molecule has 29 heavy (non-hydrogen) atoms. The highest BCUT2D eigenvalue weighted by atomic mass is 19.1. The first-order chi connectivity index (χ1) is 14.0. The topological polar surface area (TPSA) is 81.2 Å². The molecule has 0 aliphatic heterocycles. The summed E-state index contributed by atoms with van der Waals surface area (Å²) in [4.78, 5) is 16.1. The maximum absolute atomic E-state index is 13.2. The molecule has 0 aromatic heterocycles. The van der Waals surface area contributed by atoms with Crippen molar-refractivity contribution in [1.29, 1.82) is 0 Å². The molecular weight excluding hydrogens is 377 g/mol. The number of aliphatic imine (C=N–C) groups is 1. The first-order valence-electron chi connectivity index (χ1n) is 9.08. The van der Waals surface area contributed by atoms with Gasteiger partial charge in [-0.1, -0.05) is 12.1 Å². The molecule has 0 aliphatic carbocycles. The maximum Gasteiger partial charge on any atom is 0.341 e. The van der Waals surface area contributed by atoms with Gasteiger partial charge < -0.3 is 24.8 Å². The molecular formula is C21H26FN3O4. The van der Waals surface area contributed by atoms with Crippen molar-refractivity contribution < 1.29 is 23.4 Å². The molecule has 2 aromatic rings. The summed E-state index contributed by atoms with van der Waals surface area (Å²) in [6, 6.07) is 11.3. The number of guanidine groups is 1. The van der Waals surface area contributed by atoms with Crippen LogP contribution in [0.2, 0.25) is 0 Å². The van der Waals surface area contributed by atoms with Crippen LogP contribution in [0.3, 0.4) is 0 Å². The van der Waals surface area contributed by atoms with Gasteiger partial charge in [-0.25, -0.2) is 9.18 Å². The minimum Gasteiger partial charge on any atom is -0.496 e. The Bertz CT molecular complexity index is 858. The van der Waals surface area contributed by atoms with Crippen molar-refractivity contribution in [3.05, 3.63) is 59.4 Å². The number of halogens is 1. The third-order valence-electron chi connectivity index (χ3n) is 4.04. The van der Waals surface area contributed by atoms with E-state index in [4.69, 9.17) is 14.2 Å². The molecule has 0 amide bonds. The Morgan fingerprint density at radius 3 is 2.62 bits per heavy atom. The van der Waals surface area contributed by atoms with E-state index < -0.39 is 5.97 Å². The van der Waals surface area contributed by atoms with E-state index in [0.29, 0.717) is 36.1 Å². The van der Waals surface area contributed by atoms with Gasteiger partial charge in [0.05, 0.1) is 20.8 Å². The molecule has 0 heterocycles. The van der Waals surface area contributed by atoms with E-state index >= 15 is 0 Å². The summed E-state index contributed by atoms with van der Waals surface area (Å²) in [7, 11) is 4.48. The Labute approximate surface area is 169 Å². The lowest BCUT2D eigenvalue weighted by Crippen LogP contribution is -2.41. The second-order valence-electron chi connectivity index (χ2n) is 6.22. The van der Waals surface area contributed by atoms with E-state index in [-0.39, 0.29) is 11.9 Å². The summed E-state index contributed by atoms with van der Waals surface area (Å²) < 4.78 is 28.9. The molecule has 0 saturated heterocycles. The molecule has 2 N–H and O–H groups in total. The third-order valence-corrected chi connectivity index (χ3v) is 4.04. The average molecular weight is 403 g/mol. The monoisotopic (exact) mass is 403 g/mol. The van der Waals surface area contributed by atoms with Crippen molar-refractivity contribution in [2.75, 3.05) is 27.8 Å². The molecule has 0 aliphatic rings. The Hall–Kier alpha value is -3.29. The predicted octanol–water partition coefficient (Wildman–Crippen LogP) is 2.75. The Morgan fingerprint density at radius 2 is 1.97 bits per heavy atom. The van der Waals surface area contributed by atoms with E-state index in [0.717, 1.165) is 5.56 Å². The van der Waals surface area contributed by atoms with Crippen LogP contribution in [0, 0.1) is 5.82 Å². The summed E-state index contributed by atoms with van der Waals surface area (Å²) in [5.41, 5.74) is 1.22. The number of carbonyl (C=O) groups is 1. The first kappa shape index (κ1) is 22.0. The second-order valence-corrected chi connectivity index (χ2v) is 6.22. The van der Waals surface area contributed by atoms with Crippen molar-refractivity contribution in [3.63, 3.8) is 0 Å². The van der Waals surface area contributed by atoms with Crippen molar-refractivity contribution in [3.8, 4) is 11.5 Å². The largest absolute Gasteiger partial charge is 0.496 e. The smallest absolute Gasteiger partial charge is 0.341 e. The van der Waals surface area contributed by atoms with Crippen LogP contribution < -0.4 is 20.1 Å². The predicted molar refractivity (Wildman–Crippen MR) is 109 cm³/mol. The van der Waals surface area contributed by atoms with Gasteiger partial charge in [0.25, 0.3) is 0 Å². The van der Waals surface area contributed by atoms with E-state index in [1.165, 1.54) is 26.4 Å². The molecule has 0 spiro atoms. The van der Waals surface area contributed by atoms with Crippen LogP contribution in [0.15, 0.2) is 47.5 Å². The molecule has 1 unspecified atom stereocenters. The molecule has 8 heteroatoms. The molecule has 0 saturated carbocycles. The molecule has 156 valence electrons. The fraction of sp³-hybridized carbons (Fsp3) is 0.333. The van der Waals surface area contributed by atoms with Crippen LogP contribution in [0.25, 0.3) is 0 Å². The second kappa shape index (κ2) is 10.9. The van der Waals surface area contributed by atoms with Crippen LogP contribution in [0.1, 0.15) is 22.8 Å². The zero-order valence-electron chi connectivity index (χ0n) is 17.0. The molecule has 2 aromatic carbocycles. The van der Waals surface area contributed by atoms with Crippen LogP contribution in [0.4, 0.5) is 4.39 Å². The zero-order chi connectivity index (χ0) is 21.2. The number of esters is 1. The molecule has 0 radical (unpaired) electrons. The van der Waals surface area contributed by atoms with E-state index in [2.05, 4.69) is 15.6 Å². The number of hydrogen-bond acceptors (Lipinski definition) is 5. The van der Waals surface area contributed by atoms with Crippen molar-refractivity contribution in [2.45, 2.75) is 19.6 Å². The lowest BCUT2D eigenvalue weighted by Gasteiger charge is -2.18. The van der Waals surface area contributed by atoms with Crippen LogP contribution >= 0.6 is 0 Å². The number of carbonyl (C=O) groups excluding carboxylic acids is 1. The zero-order valence-corrected chi connectivity index (χ0v) is 17.0. The first-order valence-corrected chi connectivity index (χ1v) is 9.08. The number of nitrogens with one attached hydrogen (secondary N) is 2. The standard InChI is InChI=1S/C21H26FN3O4/c1-14(29-17-7-5-6-16(22)11-17)12-24-21(23-2)25-13-15-8-9-19(27-3)18(10-15)20(26)28-4/h5-11,14H,12-13H2,1-4H3,(H2,23,24,25). The normalized spacial score (nSPS) is 12.1. The van der Waals surface area contributed by atoms with E-state index in [9.17, 15) is 9.18 Å². The van der Waals surface area contributed by atoms with Crippen LogP contribution in [-0.2, 0) is 11.3 Å². The molecule has 1 atom stereocenters. The lowest BCUT2D eigenvalue weighted by molar-refractivity contribution is 0.0597. The van der Waals surface area contributed by atoms with Gasteiger partial charge in [0.2, 0.25) is 0 Å². The maximum atomic E-state index is 13.2. The summed E-state index contributed by atoms with van der Waals surface area (Å²) in [6.07, 6.45) is -0.206. The van der Waals surface area contributed by atoms with Gasteiger partial charge in [0.1, 0.15) is 29.0 Å². The summed E-state index contributed by atoms with van der Waals surface area (Å²) in [5.74, 6) is 0.679. The van der Waals surface area contributed by atoms with Gasteiger partial charge in [-0.15, -0.1) is 0 Å². The molecule has 0 bridgehead atoms. The fourth-order valence-corrected chi connectivity index (χ4v) is 2.60.